The van der Waals surface area contributed by atoms with E-state index in [0.717, 1.165) is 42.0 Å². The van der Waals surface area contributed by atoms with E-state index in [9.17, 15) is 0 Å². The van der Waals surface area contributed by atoms with Gasteiger partial charge in [0.15, 0.2) is 5.65 Å². The van der Waals surface area contributed by atoms with Crippen molar-refractivity contribution >= 4 is 39.4 Å². The van der Waals surface area contributed by atoms with Gasteiger partial charge in [-0.1, -0.05) is 48.0 Å². The third kappa shape index (κ3) is 2.51. The normalized spacial score (nSPS) is 13.4. The monoisotopic (exact) mass is 359 g/mol. The number of fused-ring (bicyclic) bond motifs is 4. The molecule has 2 aromatic carbocycles. The number of halogens is 1. The molecule has 1 aliphatic heterocycles. The maximum absolute atomic E-state index is 6.28. The second-order valence-corrected chi connectivity index (χ2v) is 7.30. The van der Waals surface area contributed by atoms with Crippen molar-refractivity contribution < 1.29 is 0 Å². The molecule has 0 unspecified atom stereocenters. The Kier molecular flexibility index (Phi) is 3.57. The van der Waals surface area contributed by atoms with Crippen molar-refractivity contribution in [2.24, 2.45) is 4.99 Å². The molecule has 0 saturated heterocycles. The number of aryl methyl sites for hydroxylation is 2. The molecule has 0 spiro atoms. The zero-order chi connectivity index (χ0) is 17.7. The van der Waals surface area contributed by atoms with E-state index in [0.29, 0.717) is 5.02 Å². The summed E-state index contributed by atoms with van der Waals surface area (Å²) in [6, 6.07) is 16.8. The van der Waals surface area contributed by atoms with Crippen LogP contribution in [0.4, 0.5) is 5.69 Å². The molecule has 0 atom stereocenters. The number of hydrogen-bond donors (Lipinski definition) is 0. The Hall–Kier alpha value is -2.65. The maximum Gasteiger partial charge on any atom is 0.156 e. The second kappa shape index (κ2) is 5.96. The molecule has 4 heteroatoms. The molecule has 3 nitrogen and oxygen atoms in total. The van der Waals surface area contributed by atoms with Crippen LogP contribution in [-0.4, -0.2) is 15.1 Å². The molecule has 2 aromatic heterocycles. The van der Waals surface area contributed by atoms with Gasteiger partial charge in [-0.05, 0) is 42.8 Å². The van der Waals surface area contributed by atoms with Gasteiger partial charge in [0.2, 0.25) is 0 Å². The van der Waals surface area contributed by atoms with Crippen LogP contribution in [0.2, 0.25) is 5.02 Å². The van der Waals surface area contributed by atoms with E-state index in [4.69, 9.17) is 21.6 Å². The van der Waals surface area contributed by atoms with Crippen molar-refractivity contribution in [2.45, 2.75) is 26.2 Å². The molecule has 5 rings (SSSR count). The van der Waals surface area contributed by atoms with Gasteiger partial charge in [-0.3, -0.25) is 4.99 Å². The molecule has 1 aliphatic rings. The van der Waals surface area contributed by atoms with Crippen LogP contribution >= 0.6 is 11.6 Å². The lowest BCUT2D eigenvalue weighted by Crippen LogP contribution is -2.00. The number of nitrogens with zero attached hydrogens (tertiary/aromatic N) is 3. The van der Waals surface area contributed by atoms with Crippen molar-refractivity contribution in [2.75, 3.05) is 0 Å². The molecule has 0 saturated carbocycles. The lowest BCUT2D eigenvalue weighted by atomic mass is 10.0. The summed E-state index contributed by atoms with van der Waals surface area (Å²) in [5.41, 5.74) is 6.74. The maximum atomic E-state index is 6.28. The summed E-state index contributed by atoms with van der Waals surface area (Å²) >= 11 is 6.28. The number of rotatable bonds is 3. The lowest BCUT2D eigenvalue weighted by molar-refractivity contribution is 0.979. The Labute approximate surface area is 157 Å². The second-order valence-electron chi connectivity index (χ2n) is 6.90. The highest BCUT2D eigenvalue weighted by Gasteiger charge is 2.17. The van der Waals surface area contributed by atoms with Crippen molar-refractivity contribution in [1.29, 1.82) is 0 Å². The first-order chi connectivity index (χ1) is 12.7. The van der Waals surface area contributed by atoms with E-state index in [1.807, 2.05) is 12.1 Å². The highest BCUT2D eigenvalue weighted by molar-refractivity contribution is 6.33. The van der Waals surface area contributed by atoms with E-state index < -0.39 is 0 Å². The van der Waals surface area contributed by atoms with E-state index >= 15 is 0 Å². The predicted molar refractivity (Wildman–Crippen MR) is 108 cm³/mol. The van der Waals surface area contributed by atoms with Crippen molar-refractivity contribution in [3.63, 3.8) is 0 Å². The molecule has 0 N–H and O–H groups in total. The zero-order valence-corrected chi connectivity index (χ0v) is 15.3. The minimum absolute atomic E-state index is 0.693. The number of pyridine rings is 1. The zero-order valence-electron chi connectivity index (χ0n) is 14.5. The molecule has 3 heterocycles. The third-order valence-corrected chi connectivity index (χ3v) is 5.43. The van der Waals surface area contributed by atoms with Gasteiger partial charge in [0.1, 0.15) is 0 Å². The first kappa shape index (κ1) is 15.6. The van der Waals surface area contributed by atoms with Crippen LogP contribution < -0.4 is 0 Å². The topological polar surface area (TPSA) is 29.7 Å². The molecule has 4 aromatic rings. The highest BCUT2D eigenvalue weighted by atomic mass is 35.5. The third-order valence-electron chi connectivity index (χ3n) is 5.14. The fraction of sp³-hybridized carbons (Fsp3) is 0.182. The van der Waals surface area contributed by atoms with E-state index in [2.05, 4.69) is 53.9 Å². The number of aliphatic imine (C=N–C) groups is 1. The molecule has 0 aliphatic carbocycles. The Morgan fingerprint density at radius 2 is 1.92 bits per heavy atom. The first-order valence-electron chi connectivity index (χ1n) is 8.89. The molecule has 0 radical (unpaired) electrons. The average molecular weight is 360 g/mol. The van der Waals surface area contributed by atoms with Crippen LogP contribution in [0.1, 0.15) is 23.4 Å². The van der Waals surface area contributed by atoms with Gasteiger partial charge in [0.25, 0.3) is 0 Å². The van der Waals surface area contributed by atoms with Crippen LogP contribution in [-0.2, 0) is 12.8 Å². The summed E-state index contributed by atoms with van der Waals surface area (Å²) in [5.74, 6) is 0. The molecule has 0 bridgehead atoms. The predicted octanol–water partition coefficient (Wildman–Crippen LogP) is 5.71. The highest BCUT2D eigenvalue weighted by Crippen LogP contribution is 2.35. The van der Waals surface area contributed by atoms with Gasteiger partial charge >= 0.3 is 0 Å². The summed E-state index contributed by atoms with van der Waals surface area (Å²) in [5, 5.41) is 3.19. The van der Waals surface area contributed by atoms with E-state index in [1.54, 1.807) is 0 Å². The summed E-state index contributed by atoms with van der Waals surface area (Å²) in [7, 11) is 0. The van der Waals surface area contributed by atoms with Crippen molar-refractivity contribution in [3.8, 4) is 0 Å². The molecule has 0 fully saturated rings. The van der Waals surface area contributed by atoms with Crippen molar-refractivity contribution in [3.05, 3.63) is 76.7 Å². The van der Waals surface area contributed by atoms with E-state index in [-0.39, 0.29) is 0 Å². The van der Waals surface area contributed by atoms with Gasteiger partial charge in [-0.2, -0.15) is 0 Å². The van der Waals surface area contributed by atoms with Gasteiger partial charge in [-0.15, -0.1) is 0 Å². The van der Waals surface area contributed by atoms with Gasteiger partial charge in [0.05, 0.1) is 16.4 Å². The summed E-state index contributed by atoms with van der Waals surface area (Å²) < 4.78 is 2.07. The average Bonchev–Trinajstić information content (AvgIpc) is 3.28. The van der Waals surface area contributed by atoms with Crippen LogP contribution in [0.15, 0.2) is 59.7 Å². The minimum Gasteiger partial charge on any atom is -0.303 e. The molecular formula is C22H18ClN3. The largest absolute Gasteiger partial charge is 0.303 e. The SMILES string of the molecule is Cc1ccc(Cl)c2nc(CCC3=Nc4c(ccc5ccccc45)C3)cn12. The van der Waals surface area contributed by atoms with Gasteiger partial charge in [-0.25, -0.2) is 4.98 Å². The summed E-state index contributed by atoms with van der Waals surface area (Å²) in [6.07, 6.45) is 4.83. The Morgan fingerprint density at radius 1 is 1.04 bits per heavy atom. The summed E-state index contributed by atoms with van der Waals surface area (Å²) in [6.45, 7) is 2.07. The van der Waals surface area contributed by atoms with Crippen LogP contribution in [0.5, 0.6) is 0 Å². The number of benzene rings is 2. The molecular weight excluding hydrogens is 342 g/mol. The fourth-order valence-corrected chi connectivity index (χ4v) is 3.94. The molecule has 26 heavy (non-hydrogen) atoms. The Balaban J connectivity index is 1.42. The van der Waals surface area contributed by atoms with Crippen LogP contribution in [0, 0.1) is 6.92 Å². The Morgan fingerprint density at radius 3 is 2.81 bits per heavy atom. The molecule has 0 amide bonds. The number of imidazole rings is 1. The smallest absolute Gasteiger partial charge is 0.156 e. The first-order valence-corrected chi connectivity index (χ1v) is 9.27. The Bertz CT molecular complexity index is 1150. The molecule has 128 valence electrons. The van der Waals surface area contributed by atoms with Crippen LogP contribution in [0.3, 0.4) is 0 Å². The standard InChI is InChI=1S/C22H18ClN3/c1-14-6-11-20(23)22-25-18(13-26(14)22)10-9-17-12-16-8-7-15-4-2-3-5-19(15)21(16)24-17/h2-8,11,13H,9-10,12H2,1H3. The summed E-state index contributed by atoms with van der Waals surface area (Å²) in [4.78, 5) is 9.65. The minimum atomic E-state index is 0.693. The van der Waals surface area contributed by atoms with Crippen molar-refractivity contribution in [1.82, 2.24) is 9.38 Å². The lowest BCUT2D eigenvalue weighted by Gasteiger charge is -2.02. The number of hydrogen-bond acceptors (Lipinski definition) is 2. The van der Waals surface area contributed by atoms with Gasteiger partial charge < -0.3 is 4.40 Å². The number of aromatic nitrogens is 2. The van der Waals surface area contributed by atoms with E-state index in [1.165, 1.54) is 22.0 Å². The quantitative estimate of drug-likeness (QED) is 0.460. The van der Waals surface area contributed by atoms with Gasteiger partial charge in [0, 0.05) is 29.4 Å². The fourth-order valence-electron chi connectivity index (χ4n) is 3.74. The van der Waals surface area contributed by atoms with Crippen LogP contribution in [0.25, 0.3) is 16.4 Å².